The highest BCUT2D eigenvalue weighted by Gasteiger charge is 2.25. The number of benzene rings is 1. The van der Waals surface area contributed by atoms with Crippen molar-refractivity contribution in [3.05, 3.63) is 46.5 Å². The van der Waals surface area contributed by atoms with E-state index >= 15 is 0 Å². The SMILES string of the molecule is Cl.NC1CCCC(C(=O)Nc2ncc(Cc3ccc(F)cc3F)s2)C1. The van der Waals surface area contributed by atoms with Crippen molar-refractivity contribution < 1.29 is 13.6 Å². The molecule has 2 unspecified atom stereocenters. The molecule has 4 nitrogen and oxygen atoms in total. The second kappa shape index (κ2) is 8.69. The van der Waals surface area contributed by atoms with E-state index in [-0.39, 0.29) is 30.3 Å². The van der Waals surface area contributed by atoms with Crippen LogP contribution in [0, 0.1) is 17.6 Å². The molecule has 1 amide bonds. The number of hydrogen-bond donors (Lipinski definition) is 2. The van der Waals surface area contributed by atoms with Gasteiger partial charge >= 0.3 is 0 Å². The van der Waals surface area contributed by atoms with E-state index in [1.165, 1.54) is 23.5 Å². The molecule has 1 saturated carbocycles. The number of thiazole rings is 1. The maximum Gasteiger partial charge on any atom is 0.229 e. The number of nitrogens with zero attached hydrogens (tertiary/aromatic N) is 1. The lowest BCUT2D eigenvalue weighted by Crippen LogP contribution is -2.34. The van der Waals surface area contributed by atoms with Crippen molar-refractivity contribution in [2.75, 3.05) is 5.32 Å². The fourth-order valence-electron chi connectivity index (χ4n) is 2.97. The normalized spacial score (nSPS) is 20.0. The van der Waals surface area contributed by atoms with Crippen LogP contribution in [-0.4, -0.2) is 16.9 Å². The molecule has 25 heavy (non-hydrogen) atoms. The summed E-state index contributed by atoms with van der Waals surface area (Å²) in [5, 5.41) is 3.32. The number of halogens is 3. The molecule has 0 spiro atoms. The van der Waals surface area contributed by atoms with Gasteiger partial charge in [-0.05, 0) is 30.9 Å². The molecule has 2 aromatic rings. The van der Waals surface area contributed by atoms with Crippen LogP contribution in [0.25, 0.3) is 0 Å². The lowest BCUT2D eigenvalue weighted by molar-refractivity contribution is -0.120. The minimum Gasteiger partial charge on any atom is -0.328 e. The molecule has 136 valence electrons. The highest BCUT2D eigenvalue weighted by Crippen LogP contribution is 2.27. The number of hydrogen-bond acceptors (Lipinski definition) is 4. The molecule has 1 fully saturated rings. The molecule has 1 aromatic carbocycles. The van der Waals surface area contributed by atoms with Gasteiger partial charge in [0.15, 0.2) is 5.13 Å². The first kappa shape index (κ1) is 19.8. The van der Waals surface area contributed by atoms with E-state index in [1.54, 1.807) is 6.20 Å². The summed E-state index contributed by atoms with van der Waals surface area (Å²) in [6.45, 7) is 0. The smallest absolute Gasteiger partial charge is 0.229 e. The standard InChI is InChI=1S/C17H19F2N3OS.ClH/c18-12-5-4-10(15(19)8-12)7-14-9-21-17(24-14)22-16(23)11-2-1-3-13(20)6-11;/h4-5,8-9,11,13H,1-3,6-7,20H2,(H,21,22,23);1H. The number of nitrogens with one attached hydrogen (secondary N) is 1. The Bertz CT molecular complexity index is 740. The quantitative estimate of drug-likeness (QED) is 0.836. The van der Waals surface area contributed by atoms with Crippen LogP contribution in [0.5, 0.6) is 0 Å². The van der Waals surface area contributed by atoms with E-state index in [4.69, 9.17) is 5.73 Å². The lowest BCUT2D eigenvalue weighted by atomic mass is 9.86. The topological polar surface area (TPSA) is 68.0 Å². The monoisotopic (exact) mass is 387 g/mol. The van der Waals surface area contributed by atoms with Gasteiger partial charge in [0.05, 0.1) is 0 Å². The summed E-state index contributed by atoms with van der Waals surface area (Å²) >= 11 is 1.30. The number of nitrogens with two attached hydrogens (primary N) is 1. The molecule has 8 heteroatoms. The number of aromatic nitrogens is 1. The van der Waals surface area contributed by atoms with E-state index < -0.39 is 11.6 Å². The van der Waals surface area contributed by atoms with Gasteiger partial charge in [-0.2, -0.15) is 0 Å². The molecule has 3 rings (SSSR count). The molecule has 1 aliphatic carbocycles. The van der Waals surface area contributed by atoms with Gasteiger partial charge in [-0.15, -0.1) is 23.7 Å². The summed E-state index contributed by atoms with van der Waals surface area (Å²) in [5.41, 5.74) is 6.32. The highest BCUT2D eigenvalue weighted by atomic mass is 35.5. The van der Waals surface area contributed by atoms with Crippen molar-refractivity contribution in [3.8, 4) is 0 Å². The third-order valence-corrected chi connectivity index (χ3v) is 5.16. The number of anilines is 1. The van der Waals surface area contributed by atoms with Crippen LogP contribution in [0.2, 0.25) is 0 Å². The second-order valence-corrected chi connectivity index (χ2v) is 7.27. The molecule has 3 N–H and O–H groups in total. The van der Waals surface area contributed by atoms with E-state index in [0.717, 1.165) is 30.2 Å². The van der Waals surface area contributed by atoms with Crippen molar-refractivity contribution in [2.45, 2.75) is 38.1 Å². The largest absolute Gasteiger partial charge is 0.328 e. The summed E-state index contributed by atoms with van der Waals surface area (Å²) < 4.78 is 26.6. The fourth-order valence-corrected chi connectivity index (χ4v) is 3.81. The van der Waals surface area contributed by atoms with Crippen LogP contribution < -0.4 is 11.1 Å². The average Bonchev–Trinajstić information content (AvgIpc) is 2.97. The third kappa shape index (κ3) is 5.20. The predicted octanol–water partition coefficient (Wildman–Crippen LogP) is 3.89. The van der Waals surface area contributed by atoms with Gasteiger partial charge in [-0.3, -0.25) is 4.79 Å². The van der Waals surface area contributed by atoms with Crippen molar-refractivity contribution in [1.29, 1.82) is 0 Å². The Labute approximate surface area is 155 Å². The lowest BCUT2D eigenvalue weighted by Gasteiger charge is -2.25. The van der Waals surface area contributed by atoms with Crippen LogP contribution in [0.4, 0.5) is 13.9 Å². The van der Waals surface area contributed by atoms with E-state index in [1.807, 2.05) is 0 Å². The Morgan fingerprint density at radius 2 is 2.16 bits per heavy atom. The van der Waals surface area contributed by atoms with Crippen LogP contribution in [-0.2, 0) is 11.2 Å². The summed E-state index contributed by atoms with van der Waals surface area (Å²) in [6, 6.07) is 3.61. The maximum absolute atomic E-state index is 13.7. The van der Waals surface area contributed by atoms with Crippen LogP contribution >= 0.6 is 23.7 Å². The molecule has 1 aromatic heterocycles. The van der Waals surface area contributed by atoms with E-state index in [2.05, 4.69) is 10.3 Å². The van der Waals surface area contributed by atoms with Crippen molar-refractivity contribution in [3.63, 3.8) is 0 Å². The average molecular weight is 388 g/mol. The number of rotatable bonds is 4. The first-order valence-electron chi connectivity index (χ1n) is 7.96. The fraction of sp³-hybridized carbons (Fsp3) is 0.412. The van der Waals surface area contributed by atoms with Crippen LogP contribution in [0.3, 0.4) is 0 Å². The van der Waals surface area contributed by atoms with Gasteiger partial charge < -0.3 is 11.1 Å². The van der Waals surface area contributed by atoms with Gasteiger partial charge in [-0.25, -0.2) is 13.8 Å². The number of carbonyl (C=O) groups is 1. The van der Waals surface area contributed by atoms with Gasteiger partial charge in [0.25, 0.3) is 0 Å². The summed E-state index contributed by atoms with van der Waals surface area (Å²) in [7, 11) is 0. The maximum atomic E-state index is 13.7. The highest BCUT2D eigenvalue weighted by molar-refractivity contribution is 7.15. The molecule has 2 atom stereocenters. The zero-order valence-electron chi connectivity index (χ0n) is 13.5. The molecule has 0 saturated heterocycles. The Balaban J connectivity index is 0.00000225. The Kier molecular flexibility index (Phi) is 6.87. The summed E-state index contributed by atoms with van der Waals surface area (Å²) in [4.78, 5) is 17.2. The summed E-state index contributed by atoms with van der Waals surface area (Å²) in [6.07, 6.45) is 5.40. The Morgan fingerprint density at radius 1 is 1.36 bits per heavy atom. The summed E-state index contributed by atoms with van der Waals surface area (Å²) in [5.74, 6) is -1.31. The minimum atomic E-state index is -0.598. The Hall–Kier alpha value is -1.57. The molecule has 0 radical (unpaired) electrons. The number of carbonyl (C=O) groups excluding carboxylic acids is 1. The Morgan fingerprint density at radius 3 is 2.88 bits per heavy atom. The second-order valence-electron chi connectivity index (χ2n) is 6.16. The predicted molar refractivity (Wildman–Crippen MR) is 97.1 cm³/mol. The first-order chi connectivity index (χ1) is 11.5. The molecule has 1 aliphatic rings. The zero-order chi connectivity index (χ0) is 17.1. The molecule has 0 aliphatic heterocycles. The van der Waals surface area contributed by atoms with Crippen LogP contribution in [0.1, 0.15) is 36.1 Å². The van der Waals surface area contributed by atoms with Gasteiger partial charge in [-0.1, -0.05) is 12.5 Å². The minimum absolute atomic E-state index is 0. The molecule has 1 heterocycles. The zero-order valence-corrected chi connectivity index (χ0v) is 15.1. The van der Waals surface area contributed by atoms with Gasteiger partial charge in [0.2, 0.25) is 5.91 Å². The van der Waals surface area contributed by atoms with Crippen LogP contribution in [0.15, 0.2) is 24.4 Å². The van der Waals surface area contributed by atoms with Gasteiger partial charge in [0, 0.05) is 35.5 Å². The van der Waals surface area contributed by atoms with Crippen molar-refractivity contribution in [2.24, 2.45) is 11.7 Å². The molecule has 0 bridgehead atoms. The third-order valence-electron chi connectivity index (χ3n) is 4.25. The van der Waals surface area contributed by atoms with Gasteiger partial charge in [0.1, 0.15) is 11.6 Å². The van der Waals surface area contributed by atoms with Crippen molar-refractivity contribution >= 4 is 34.8 Å². The van der Waals surface area contributed by atoms with E-state index in [0.29, 0.717) is 23.5 Å². The molecular formula is C17H20ClF2N3OS. The van der Waals surface area contributed by atoms with E-state index in [9.17, 15) is 13.6 Å². The number of amides is 1. The molecular weight excluding hydrogens is 368 g/mol. The van der Waals surface area contributed by atoms with Crippen molar-refractivity contribution in [1.82, 2.24) is 4.98 Å². The first-order valence-corrected chi connectivity index (χ1v) is 8.78.